The molecular weight excluding hydrogens is 480 g/mol. The molecule has 0 aromatic heterocycles. The molecule has 0 aliphatic carbocycles. The van der Waals surface area contributed by atoms with Crippen molar-refractivity contribution in [2.24, 2.45) is 27.9 Å². The maximum atomic E-state index is 12.8. The van der Waals surface area contributed by atoms with E-state index in [1.54, 1.807) is 0 Å². The van der Waals surface area contributed by atoms with E-state index in [1.807, 2.05) is 0 Å². The van der Waals surface area contributed by atoms with Crippen LogP contribution >= 0.6 is 0 Å². The molecule has 0 saturated carbocycles. The molecule has 206 valence electrons. The Morgan fingerprint density at radius 1 is 0.861 bits per heavy atom. The van der Waals surface area contributed by atoms with Gasteiger partial charge in [-0.05, 0) is 45.6 Å². The molecule has 0 spiro atoms. The lowest BCUT2D eigenvalue weighted by atomic mass is 10.1. The van der Waals surface area contributed by atoms with Crippen LogP contribution in [0.3, 0.4) is 0 Å². The Morgan fingerprint density at radius 3 is 1.94 bits per heavy atom. The van der Waals surface area contributed by atoms with Gasteiger partial charge in [-0.3, -0.25) is 24.2 Å². The molecule has 0 aromatic carbocycles. The minimum atomic E-state index is -1.64. The number of hydrogen-bond acceptors (Lipinski definition) is 9. The van der Waals surface area contributed by atoms with Crippen LogP contribution in [0.1, 0.15) is 45.4 Å². The van der Waals surface area contributed by atoms with Gasteiger partial charge in [0.15, 0.2) is 12.0 Å². The molecular formula is C20H38N8O8. The molecule has 0 aliphatic rings. The first-order valence-electron chi connectivity index (χ1n) is 11.3. The smallest absolute Gasteiger partial charge is 0.328 e. The lowest BCUT2D eigenvalue weighted by Gasteiger charge is -2.25. The maximum Gasteiger partial charge on any atom is 0.328 e. The molecule has 0 rings (SSSR count). The van der Waals surface area contributed by atoms with Crippen molar-refractivity contribution in [2.45, 2.75) is 75.7 Å². The Kier molecular flexibility index (Phi) is 15.4. The zero-order valence-corrected chi connectivity index (χ0v) is 20.2. The SMILES string of the molecule is CC(O)C(NC(=O)C(CCCCN)NC(=O)C(CC(=O)O)NC(=O)C(N)CCCN=C(N)N)C(=O)O. The van der Waals surface area contributed by atoms with Crippen molar-refractivity contribution in [3.8, 4) is 0 Å². The first kappa shape index (κ1) is 32.5. The van der Waals surface area contributed by atoms with Gasteiger partial charge in [0.2, 0.25) is 17.7 Å². The van der Waals surface area contributed by atoms with E-state index in [0.717, 1.165) is 0 Å². The number of nitrogens with one attached hydrogen (secondary N) is 3. The summed E-state index contributed by atoms with van der Waals surface area (Å²) in [5.41, 5.74) is 21.7. The van der Waals surface area contributed by atoms with Gasteiger partial charge in [-0.25, -0.2) is 4.79 Å². The standard InChI is InChI=1S/C20H38N8O8/c1-10(29)15(19(35)36)28-17(33)12(6-2-3-7-21)26-18(34)13(9-14(30)31)27-16(32)11(22)5-4-8-25-20(23)24/h10-13,15,29H,2-9,21-22H2,1H3,(H,26,34)(H,27,32)(H,28,33)(H,30,31)(H,35,36)(H4,23,24,25). The van der Waals surface area contributed by atoms with Gasteiger partial charge in [0.25, 0.3) is 0 Å². The summed E-state index contributed by atoms with van der Waals surface area (Å²) in [6.45, 7) is 1.68. The Hall–Kier alpha value is -3.50. The zero-order valence-electron chi connectivity index (χ0n) is 20.2. The topological polar surface area (TPSA) is 299 Å². The third-order valence-corrected chi connectivity index (χ3v) is 4.94. The number of aliphatic hydroxyl groups is 1. The fourth-order valence-corrected chi connectivity index (χ4v) is 2.99. The van der Waals surface area contributed by atoms with Crippen LogP contribution in [-0.2, 0) is 24.0 Å². The van der Waals surface area contributed by atoms with Crippen molar-refractivity contribution >= 4 is 35.6 Å². The lowest BCUT2D eigenvalue weighted by molar-refractivity contribution is -0.145. The number of carbonyl (C=O) groups excluding carboxylic acids is 3. The molecule has 36 heavy (non-hydrogen) atoms. The number of carboxylic acid groups (broad SMARTS) is 2. The number of carbonyl (C=O) groups is 5. The van der Waals surface area contributed by atoms with Crippen molar-refractivity contribution in [1.82, 2.24) is 16.0 Å². The van der Waals surface area contributed by atoms with Gasteiger partial charge < -0.3 is 54.2 Å². The van der Waals surface area contributed by atoms with Crippen LogP contribution in [0.5, 0.6) is 0 Å². The maximum absolute atomic E-state index is 12.8. The van der Waals surface area contributed by atoms with Gasteiger partial charge in [0, 0.05) is 6.54 Å². The van der Waals surface area contributed by atoms with Crippen LogP contribution in [0.15, 0.2) is 4.99 Å². The average molecular weight is 519 g/mol. The Balaban J connectivity index is 5.43. The largest absolute Gasteiger partial charge is 0.481 e. The molecule has 16 nitrogen and oxygen atoms in total. The fourth-order valence-electron chi connectivity index (χ4n) is 2.99. The zero-order chi connectivity index (χ0) is 27.8. The summed E-state index contributed by atoms with van der Waals surface area (Å²) in [5, 5.41) is 34.7. The van der Waals surface area contributed by atoms with Crippen molar-refractivity contribution in [3.63, 3.8) is 0 Å². The Bertz CT molecular complexity index is 788. The number of guanidine groups is 1. The van der Waals surface area contributed by atoms with Crippen LogP contribution in [-0.4, -0.2) is 94.3 Å². The van der Waals surface area contributed by atoms with E-state index in [9.17, 15) is 39.3 Å². The highest BCUT2D eigenvalue weighted by molar-refractivity contribution is 5.95. The highest BCUT2D eigenvalue weighted by atomic mass is 16.4. The number of hydrogen-bond donors (Lipinski definition) is 10. The minimum Gasteiger partial charge on any atom is -0.481 e. The molecule has 0 bridgehead atoms. The Labute approximate surface area is 208 Å². The van der Waals surface area contributed by atoms with Gasteiger partial charge in [0.1, 0.15) is 12.1 Å². The van der Waals surface area contributed by atoms with Crippen molar-refractivity contribution < 1.29 is 39.3 Å². The van der Waals surface area contributed by atoms with Crippen LogP contribution < -0.4 is 38.9 Å². The number of carboxylic acids is 2. The number of aliphatic imine (C=N–C) groups is 1. The van der Waals surface area contributed by atoms with Crippen molar-refractivity contribution in [2.75, 3.05) is 13.1 Å². The predicted octanol–water partition coefficient (Wildman–Crippen LogP) is -4.11. The molecule has 5 atom stereocenters. The summed E-state index contributed by atoms with van der Waals surface area (Å²) >= 11 is 0. The fraction of sp³-hybridized carbons (Fsp3) is 0.700. The molecule has 0 fully saturated rings. The molecule has 0 saturated heterocycles. The summed E-state index contributed by atoms with van der Waals surface area (Å²) in [6, 6.07) is -5.59. The van der Waals surface area contributed by atoms with Gasteiger partial charge in [0.05, 0.1) is 18.6 Å². The number of nitrogens with two attached hydrogens (primary N) is 4. The first-order valence-corrected chi connectivity index (χ1v) is 11.3. The molecule has 0 aromatic rings. The average Bonchev–Trinajstić information content (AvgIpc) is 2.77. The van der Waals surface area contributed by atoms with E-state index < -0.39 is 66.4 Å². The van der Waals surface area contributed by atoms with E-state index >= 15 is 0 Å². The van der Waals surface area contributed by atoms with E-state index in [2.05, 4.69) is 20.9 Å². The molecule has 3 amide bonds. The summed E-state index contributed by atoms with van der Waals surface area (Å²) in [7, 11) is 0. The van der Waals surface area contributed by atoms with Gasteiger partial charge >= 0.3 is 11.9 Å². The highest BCUT2D eigenvalue weighted by Gasteiger charge is 2.32. The van der Waals surface area contributed by atoms with Crippen molar-refractivity contribution in [3.05, 3.63) is 0 Å². The number of unbranched alkanes of at least 4 members (excludes halogenated alkanes) is 1. The molecule has 0 aliphatic heterocycles. The second kappa shape index (κ2) is 17.0. The summed E-state index contributed by atoms with van der Waals surface area (Å²) in [6.07, 6.45) is -0.844. The molecule has 0 radical (unpaired) electrons. The van der Waals surface area contributed by atoms with Gasteiger partial charge in [-0.2, -0.15) is 0 Å². The van der Waals surface area contributed by atoms with Crippen molar-refractivity contribution in [1.29, 1.82) is 0 Å². The van der Waals surface area contributed by atoms with E-state index in [-0.39, 0.29) is 25.3 Å². The summed E-state index contributed by atoms with van der Waals surface area (Å²) in [4.78, 5) is 64.3. The van der Waals surface area contributed by atoms with Crippen LogP contribution in [0, 0.1) is 0 Å². The number of aliphatic hydroxyl groups excluding tert-OH is 1. The second-order valence-corrected chi connectivity index (χ2v) is 8.13. The number of aliphatic carboxylic acids is 2. The predicted molar refractivity (Wildman–Crippen MR) is 128 cm³/mol. The Morgan fingerprint density at radius 2 is 1.44 bits per heavy atom. The third-order valence-electron chi connectivity index (χ3n) is 4.94. The summed E-state index contributed by atoms with van der Waals surface area (Å²) < 4.78 is 0. The van der Waals surface area contributed by atoms with Crippen LogP contribution in [0.4, 0.5) is 0 Å². The quantitative estimate of drug-likeness (QED) is 0.0470. The van der Waals surface area contributed by atoms with Gasteiger partial charge in [-0.1, -0.05) is 0 Å². The molecule has 0 heterocycles. The minimum absolute atomic E-state index is 0.0406. The van der Waals surface area contributed by atoms with E-state index in [1.165, 1.54) is 6.92 Å². The lowest BCUT2D eigenvalue weighted by Crippen LogP contribution is -2.58. The third kappa shape index (κ3) is 13.4. The monoisotopic (exact) mass is 518 g/mol. The number of amides is 3. The van der Waals surface area contributed by atoms with Crippen LogP contribution in [0.25, 0.3) is 0 Å². The second-order valence-electron chi connectivity index (χ2n) is 8.13. The number of nitrogens with zero attached hydrogens (tertiary/aromatic N) is 1. The van der Waals surface area contributed by atoms with Crippen LogP contribution in [0.2, 0.25) is 0 Å². The molecule has 5 unspecified atom stereocenters. The summed E-state index contributed by atoms with van der Waals surface area (Å²) in [5.74, 6) is -5.72. The van der Waals surface area contributed by atoms with Gasteiger partial charge in [-0.15, -0.1) is 0 Å². The van der Waals surface area contributed by atoms with E-state index in [0.29, 0.717) is 25.8 Å². The normalized spacial score (nSPS) is 14.9. The number of rotatable bonds is 18. The highest BCUT2D eigenvalue weighted by Crippen LogP contribution is 2.05. The first-order chi connectivity index (χ1) is 16.8. The molecule has 16 heteroatoms. The van der Waals surface area contributed by atoms with E-state index in [4.69, 9.17) is 22.9 Å². The molecule has 14 N–H and O–H groups in total.